The Bertz CT molecular complexity index is 1140. The second-order valence-corrected chi connectivity index (χ2v) is 9.94. The van der Waals surface area contributed by atoms with Crippen LogP contribution in [-0.4, -0.2) is 22.3 Å². The Kier molecular flexibility index (Phi) is 5.20. The summed E-state index contributed by atoms with van der Waals surface area (Å²) < 4.78 is 0.895. The Labute approximate surface area is 193 Å². The minimum Gasteiger partial charge on any atom is -0.325 e. The van der Waals surface area contributed by atoms with Crippen LogP contribution in [0.25, 0.3) is 0 Å². The van der Waals surface area contributed by atoms with Gasteiger partial charge in [0.05, 0.1) is 10.6 Å². The molecule has 9 heteroatoms. The molecule has 8 nitrogen and oxygen atoms in total. The topological polar surface area (TPSA) is 114 Å². The number of nitro groups is 1. The summed E-state index contributed by atoms with van der Waals surface area (Å²) in [5, 5.41) is 18.2. The first kappa shape index (κ1) is 22.1. The van der Waals surface area contributed by atoms with Gasteiger partial charge in [-0.25, -0.2) is 0 Å². The molecule has 0 saturated heterocycles. The first-order valence-corrected chi connectivity index (χ1v) is 11.0. The van der Waals surface area contributed by atoms with Crippen LogP contribution in [0.2, 0.25) is 0 Å². The third kappa shape index (κ3) is 3.06. The van der Waals surface area contributed by atoms with E-state index in [2.05, 4.69) is 31.8 Å². The van der Waals surface area contributed by atoms with Gasteiger partial charge in [-0.1, -0.05) is 36.7 Å². The number of nitrogens with one attached hydrogen (secondary N) is 2. The van der Waals surface area contributed by atoms with Crippen LogP contribution in [0.5, 0.6) is 0 Å². The molecule has 0 spiro atoms. The molecule has 2 N–H and O–H groups in total. The van der Waals surface area contributed by atoms with E-state index in [1.807, 2.05) is 32.9 Å². The molecule has 4 rings (SSSR count). The predicted octanol–water partition coefficient (Wildman–Crippen LogP) is 5.16. The molecule has 2 aromatic rings. The van der Waals surface area contributed by atoms with E-state index >= 15 is 0 Å². The highest BCUT2D eigenvalue weighted by Gasteiger charge is 2.76. The molecule has 0 aromatic heterocycles. The minimum atomic E-state index is -1.22. The lowest BCUT2D eigenvalue weighted by Gasteiger charge is -2.37. The number of hydrazone groups is 1. The fourth-order valence-corrected chi connectivity index (χ4v) is 5.29. The number of halogens is 1. The highest BCUT2D eigenvalue weighted by molar-refractivity contribution is 9.10. The fraction of sp³-hybridized carbons (Fsp3) is 0.348. The Hall–Kier alpha value is -3.07. The van der Waals surface area contributed by atoms with Crippen LogP contribution in [0.3, 0.4) is 0 Å². The Morgan fingerprint density at radius 1 is 1.03 bits per heavy atom. The van der Waals surface area contributed by atoms with Crippen LogP contribution < -0.4 is 10.7 Å². The van der Waals surface area contributed by atoms with Gasteiger partial charge in [0.1, 0.15) is 11.1 Å². The van der Waals surface area contributed by atoms with Gasteiger partial charge in [0.15, 0.2) is 5.78 Å². The normalized spacial score (nSPS) is 26.9. The number of carbonyl (C=O) groups is 2. The number of rotatable bonds is 5. The van der Waals surface area contributed by atoms with Gasteiger partial charge < -0.3 is 5.32 Å². The lowest BCUT2D eigenvalue weighted by molar-refractivity contribution is -0.384. The largest absolute Gasteiger partial charge is 0.325 e. The van der Waals surface area contributed by atoms with Gasteiger partial charge >= 0.3 is 0 Å². The summed E-state index contributed by atoms with van der Waals surface area (Å²) in [4.78, 5) is 37.5. The molecule has 2 saturated carbocycles. The van der Waals surface area contributed by atoms with E-state index in [1.54, 1.807) is 12.1 Å². The summed E-state index contributed by atoms with van der Waals surface area (Å²) in [6.07, 6.45) is 1.11. The summed E-state index contributed by atoms with van der Waals surface area (Å²) in [5.41, 5.74) is 1.84. The number of benzene rings is 2. The standard InChI is InChI=1S/C23H23BrN4O4/c1-21(2)22(3)12-13-23(21,20(30)25-15-6-4-14(24)5-7-15)19(29)18(22)27-26-16-8-10-17(11-9-16)28(31)32/h4-11,26H,12-13H2,1-3H3,(H,25,30)/b27-18+. The monoisotopic (exact) mass is 498 g/mol. The van der Waals surface area contributed by atoms with Crippen molar-refractivity contribution in [2.45, 2.75) is 33.6 Å². The van der Waals surface area contributed by atoms with Crippen molar-refractivity contribution < 1.29 is 14.5 Å². The van der Waals surface area contributed by atoms with E-state index in [0.717, 1.165) is 4.47 Å². The zero-order valence-electron chi connectivity index (χ0n) is 17.9. The lowest BCUT2D eigenvalue weighted by Crippen LogP contribution is -2.47. The van der Waals surface area contributed by atoms with Gasteiger partial charge in [-0.05, 0) is 54.7 Å². The van der Waals surface area contributed by atoms with Crippen molar-refractivity contribution in [2.24, 2.45) is 21.3 Å². The molecule has 2 aliphatic carbocycles. The maximum absolute atomic E-state index is 13.6. The quantitative estimate of drug-likeness (QED) is 0.335. The number of hydrogen-bond acceptors (Lipinski definition) is 6. The molecular formula is C23H23BrN4O4. The first-order chi connectivity index (χ1) is 15.0. The second-order valence-electron chi connectivity index (χ2n) is 9.03. The smallest absolute Gasteiger partial charge is 0.269 e. The number of anilines is 2. The third-order valence-corrected chi connectivity index (χ3v) is 7.97. The summed E-state index contributed by atoms with van der Waals surface area (Å²) in [7, 11) is 0. The zero-order chi connectivity index (χ0) is 23.3. The number of hydrogen-bond donors (Lipinski definition) is 2. The third-order valence-electron chi connectivity index (χ3n) is 7.44. The number of fused-ring (bicyclic) bond motifs is 2. The Balaban J connectivity index is 1.64. The van der Waals surface area contributed by atoms with Crippen molar-refractivity contribution in [3.8, 4) is 0 Å². The van der Waals surface area contributed by atoms with E-state index in [0.29, 0.717) is 29.9 Å². The minimum absolute atomic E-state index is 0.0316. The van der Waals surface area contributed by atoms with Gasteiger partial charge in [-0.15, -0.1) is 0 Å². The Morgan fingerprint density at radius 3 is 2.22 bits per heavy atom. The second kappa shape index (κ2) is 7.51. The van der Waals surface area contributed by atoms with Crippen LogP contribution in [-0.2, 0) is 9.59 Å². The molecule has 2 fully saturated rings. The summed E-state index contributed by atoms with van der Waals surface area (Å²) in [6, 6.07) is 13.0. The van der Waals surface area contributed by atoms with Crippen LogP contribution in [0.1, 0.15) is 33.6 Å². The molecule has 0 aliphatic heterocycles. The van der Waals surface area contributed by atoms with Crippen LogP contribution in [0.15, 0.2) is 58.1 Å². The fourth-order valence-electron chi connectivity index (χ4n) is 5.02. The summed E-state index contributed by atoms with van der Waals surface area (Å²) >= 11 is 3.38. The van der Waals surface area contributed by atoms with Gasteiger partial charge in [0.2, 0.25) is 5.91 Å². The molecule has 1 amide bonds. The highest BCUT2D eigenvalue weighted by atomic mass is 79.9. The van der Waals surface area contributed by atoms with Crippen molar-refractivity contribution in [2.75, 3.05) is 10.7 Å². The maximum Gasteiger partial charge on any atom is 0.269 e. The van der Waals surface area contributed by atoms with E-state index in [1.165, 1.54) is 24.3 Å². The number of nitro benzene ring substituents is 1. The number of Topliss-reactive ketones (excluding diaryl/α,β-unsaturated/α-hetero) is 1. The molecule has 2 bridgehead atoms. The average molecular weight is 499 g/mol. The number of ketones is 1. The van der Waals surface area contributed by atoms with Crippen molar-refractivity contribution >= 4 is 50.4 Å². The number of nitrogens with zero attached hydrogens (tertiary/aromatic N) is 2. The molecule has 0 radical (unpaired) electrons. The molecule has 2 aliphatic rings. The predicted molar refractivity (Wildman–Crippen MR) is 125 cm³/mol. The molecule has 2 atom stereocenters. The molecule has 0 heterocycles. The van der Waals surface area contributed by atoms with Crippen molar-refractivity contribution in [3.05, 3.63) is 63.1 Å². The van der Waals surface area contributed by atoms with Crippen LogP contribution in [0.4, 0.5) is 17.1 Å². The molecule has 166 valence electrons. The zero-order valence-corrected chi connectivity index (χ0v) is 19.5. The van der Waals surface area contributed by atoms with Crippen molar-refractivity contribution in [1.29, 1.82) is 0 Å². The van der Waals surface area contributed by atoms with E-state index in [-0.39, 0.29) is 17.4 Å². The summed E-state index contributed by atoms with van der Waals surface area (Å²) in [5.74, 6) is -0.598. The Morgan fingerprint density at radius 2 is 1.62 bits per heavy atom. The van der Waals surface area contributed by atoms with Gasteiger partial charge in [-0.2, -0.15) is 5.10 Å². The van der Waals surface area contributed by atoms with Crippen LogP contribution in [0, 0.1) is 26.4 Å². The SMILES string of the molecule is CC12CCC(C(=O)Nc3ccc(Br)cc3)(C(=O)/C1=N\Nc1ccc([N+](=O)[O-])cc1)C2(C)C. The van der Waals surface area contributed by atoms with E-state index in [4.69, 9.17) is 0 Å². The van der Waals surface area contributed by atoms with Crippen molar-refractivity contribution in [1.82, 2.24) is 0 Å². The van der Waals surface area contributed by atoms with Gasteiger partial charge in [0.25, 0.3) is 5.69 Å². The molecule has 2 aromatic carbocycles. The van der Waals surface area contributed by atoms with E-state index < -0.39 is 21.2 Å². The average Bonchev–Trinajstić information content (AvgIpc) is 3.03. The van der Waals surface area contributed by atoms with Crippen LogP contribution >= 0.6 is 15.9 Å². The van der Waals surface area contributed by atoms with E-state index in [9.17, 15) is 19.7 Å². The molecule has 32 heavy (non-hydrogen) atoms. The number of non-ortho nitro benzene ring substituents is 1. The summed E-state index contributed by atoms with van der Waals surface area (Å²) in [6.45, 7) is 5.88. The molecule has 2 unspecified atom stereocenters. The van der Waals surface area contributed by atoms with Gasteiger partial charge in [0, 0.05) is 27.7 Å². The number of carbonyl (C=O) groups excluding carboxylic acids is 2. The highest BCUT2D eigenvalue weighted by Crippen LogP contribution is 2.69. The first-order valence-electron chi connectivity index (χ1n) is 10.2. The maximum atomic E-state index is 13.6. The van der Waals surface area contributed by atoms with Gasteiger partial charge in [-0.3, -0.25) is 25.1 Å². The molecular weight excluding hydrogens is 476 g/mol. The van der Waals surface area contributed by atoms with Crippen molar-refractivity contribution in [3.63, 3.8) is 0 Å². The number of amides is 1. The lowest BCUT2D eigenvalue weighted by atomic mass is 9.64.